The van der Waals surface area contributed by atoms with Crippen molar-refractivity contribution >= 4 is 5.78 Å². The molecule has 0 saturated carbocycles. The number of carbonyl (C=O) groups excluding carboxylic acids is 1. The summed E-state index contributed by atoms with van der Waals surface area (Å²) in [5, 5.41) is 0. The molecule has 1 atom stereocenters. The minimum absolute atomic E-state index is 0.184. The van der Waals surface area contributed by atoms with Gasteiger partial charge in [-0.15, -0.1) is 0 Å². The number of para-hydroxylation sites is 1. The second-order valence-electron chi connectivity index (χ2n) is 4.84. The predicted octanol–water partition coefficient (Wildman–Crippen LogP) is 4.46. The molecule has 0 aromatic heterocycles. The summed E-state index contributed by atoms with van der Waals surface area (Å²) in [5.41, 5.74) is 1.89. The molecule has 2 nitrogen and oxygen atoms in total. The molecule has 20 heavy (non-hydrogen) atoms. The van der Waals surface area contributed by atoms with Gasteiger partial charge in [-0.3, -0.25) is 4.79 Å². The van der Waals surface area contributed by atoms with Crippen LogP contribution in [0.2, 0.25) is 0 Å². The minimum atomic E-state index is 0.184. The van der Waals surface area contributed by atoms with Crippen molar-refractivity contribution in [1.82, 2.24) is 0 Å². The van der Waals surface area contributed by atoms with Gasteiger partial charge in [-0.2, -0.15) is 0 Å². The Morgan fingerprint density at radius 3 is 2.35 bits per heavy atom. The van der Waals surface area contributed by atoms with Crippen molar-refractivity contribution in [3.8, 4) is 5.75 Å². The second-order valence-corrected chi connectivity index (χ2v) is 4.84. The molecule has 0 saturated heterocycles. The Balaban J connectivity index is 2.19. The van der Waals surface area contributed by atoms with Crippen LogP contribution in [0.3, 0.4) is 0 Å². The smallest absolute Gasteiger partial charge is 0.163 e. The van der Waals surface area contributed by atoms with E-state index in [0.29, 0.717) is 6.42 Å². The van der Waals surface area contributed by atoms with E-state index in [1.54, 1.807) is 7.11 Å². The Hall–Kier alpha value is -2.09. The van der Waals surface area contributed by atoms with E-state index in [1.807, 2.05) is 54.6 Å². The molecule has 2 aromatic rings. The van der Waals surface area contributed by atoms with Crippen LogP contribution in [0.25, 0.3) is 0 Å². The average Bonchev–Trinajstić information content (AvgIpc) is 2.53. The van der Waals surface area contributed by atoms with Gasteiger partial charge >= 0.3 is 0 Å². The molecule has 2 aromatic carbocycles. The molecular weight excluding hydrogens is 248 g/mol. The van der Waals surface area contributed by atoms with Crippen LogP contribution in [0.5, 0.6) is 5.75 Å². The number of hydrogen-bond donors (Lipinski definition) is 0. The van der Waals surface area contributed by atoms with Crippen LogP contribution in [0.15, 0.2) is 54.6 Å². The van der Waals surface area contributed by atoms with Gasteiger partial charge in [0.15, 0.2) is 5.78 Å². The Morgan fingerprint density at radius 2 is 1.70 bits per heavy atom. The fourth-order valence-electron chi connectivity index (χ4n) is 2.44. The van der Waals surface area contributed by atoms with Gasteiger partial charge in [-0.05, 0) is 24.0 Å². The maximum atomic E-state index is 12.3. The number of benzene rings is 2. The van der Waals surface area contributed by atoms with Crippen molar-refractivity contribution in [1.29, 1.82) is 0 Å². The first-order valence-electron chi connectivity index (χ1n) is 6.97. The summed E-state index contributed by atoms with van der Waals surface area (Å²) in [6, 6.07) is 17.4. The van der Waals surface area contributed by atoms with Gasteiger partial charge in [0.25, 0.3) is 0 Å². The summed E-state index contributed by atoms with van der Waals surface area (Å²) < 4.78 is 5.40. The summed E-state index contributed by atoms with van der Waals surface area (Å²) in [4.78, 5) is 12.3. The summed E-state index contributed by atoms with van der Waals surface area (Å²) >= 11 is 0. The molecule has 0 aliphatic carbocycles. The van der Waals surface area contributed by atoms with Crippen LogP contribution in [-0.4, -0.2) is 12.9 Å². The highest BCUT2D eigenvalue weighted by atomic mass is 16.5. The zero-order valence-electron chi connectivity index (χ0n) is 12.0. The minimum Gasteiger partial charge on any atom is -0.496 e. The molecule has 0 aliphatic rings. The van der Waals surface area contributed by atoms with Crippen LogP contribution in [-0.2, 0) is 0 Å². The summed E-state index contributed by atoms with van der Waals surface area (Å²) in [6.07, 6.45) is 1.43. The van der Waals surface area contributed by atoms with Gasteiger partial charge in [-0.1, -0.05) is 55.5 Å². The lowest BCUT2D eigenvalue weighted by atomic mass is 9.89. The van der Waals surface area contributed by atoms with Crippen molar-refractivity contribution < 1.29 is 9.53 Å². The van der Waals surface area contributed by atoms with Crippen molar-refractivity contribution in [2.24, 2.45) is 0 Å². The van der Waals surface area contributed by atoms with Gasteiger partial charge in [-0.25, -0.2) is 0 Å². The fourth-order valence-corrected chi connectivity index (χ4v) is 2.44. The van der Waals surface area contributed by atoms with E-state index in [2.05, 4.69) is 6.92 Å². The number of ether oxygens (including phenoxy) is 1. The summed E-state index contributed by atoms with van der Waals surface area (Å²) in [5.74, 6) is 1.24. The van der Waals surface area contributed by atoms with Crippen LogP contribution in [0.1, 0.15) is 41.6 Å². The van der Waals surface area contributed by atoms with E-state index in [1.165, 1.54) is 0 Å². The largest absolute Gasteiger partial charge is 0.496 e. The number of methoxy groups -OCH3 is 1. The van der Waals surface area contributed by atoms with Crippen molar-refractivity contribution in [3.05, 3.63) is 65.7 Å². The molecule has 2 heteroatoms. The molecule has 0 bridgehead atoms. The molecule has 2 rings (SSSR count). The highest BCUT2D eigenvalue weighted by molar-refractivity contribution is 5.96. The molecule has 104 valence electrons. The number of ketones is 1. The molecule has 0 fully saturated rings. The number of hydrogen-bond acceptors (Lipinski definition) is 2. The van der Waals surface area contributed by atoms with Gasteiger partial charge in [0.1, 0.15) is 5.75 Å². The third-order valence-electron chi connectivity index (χ3n) is 3.60. The van der Waals surface area contributed by atoms with Gasteiger partial charge in [0.05, 0.1) is 7.11 Å². The van der Waals surface area contributed by atoms with E-state index in [0.717, 1.165) is 23.3 Å². The maximum Gasteiger partial charge on any atom is 0.163 e. The standard InChI is InChI=1S/C18H20O2/c1-3-14(16-11-7-8-12-18(16)20-2)13-17(19)15-9-5-4-6-10-15/h4-12,14H,3,13H2,1-2H3. The van der Waals surface area contributed by atoms with E-state index in [4.69, 9.17) is 4.74 Å². The second kappa shape index (κ2) is 6.90. The third kappa shape index (κ3) is 3.27. The lowest BCUT2D eigenvalue weighted by molar-refractivity contribution is 0.0972. The molecular formula is C18H20O2. The zero-order chi connectivity index (χ0) is 14.4. The third-order valence-corrected chi connectivity index (χ3v) is 3.60. The van der Waals surface area contributed by atoms with Gasteiger partial charge in [0, 0.05) is 12.0 Å². The van der Waals surface area contributed by atoms with Gasteiger partial charge in [0.2, 0.25) is 0 Å². The van der Waals surface area contributed by atoms with Gasteiger partial charge < -0.3 is 4.74 Å². The molecule has 0 radical (unpaired) electrons. The number of rotatable bonds is 6. The molecule has 0 heterocycles. The Kier molecular flexibility index (Phi) is 4.94. The highest BCUT2D eigenvalue weighted by Gasteiger charge is 2.18. The highest BCUT2D eigenvalue weighted by Crippen LogP contribution is 2.32. The monoisotopic (exact) mass is 268 g/mol. The predicted molar refractivity (Wildman–Crippen MR) is 81.4 cm³/mol. The average molecular weight is 268 g/mol. The first-order chi connectivity index (χ1) is 9.76. The first kappa shape index (κ1) is 14.3. The van der Waals surface area contributed by atoms with Crippen molar-refractivity contribution in [2.45, 2.75) is 25.7 Å². The maximum absolute atomic E-state index is 12.3. The molecule has 0 aliphatic heterocycles. The Labute approximate surface area is 120 Å². The van der Waals surface area contributed by atoms with E-state index in [9.17, 15) is 4.79 Å². The Morgan fingerprint density at radius 1 is 1.05 bits per heavy atom. The molecule has 0 amide bonds. The van der Waals surface area contributed by atoms with Crippen LogP contribution < -0.4 is 4.74 Å². The van der Waals surface area contributed by atoms with Crippen LogP contribution in [0.4, 0.5) is 0 Å². The SMILES string of the molecule is CCC(CC(=O)c1ccccc1)c1ccccc1OC. The van der Waals surface area contributed by atoms with E-state index < -0.39 is 0 Å². The molecule has 0 N–H and O–H groups in total. The zero-order valence-corrected chi connectivity index (χ0v) is 12.0. The quantitative estimate of drug-likeness (QED) is 0.723. The van der Waals surface area contributed by atoms with E-state index >= 15 is 0 Å². The number of Topliss-reactive ketones (excluding diaryl/α,β-unsaturated/α-hetero) is 1. The van der Waals surface area contributed by atoms with E-state index in [-0.39, 0.29) is 11.7 Å². The van der Waals surface area contributed by atoms with Crippen LogP contribution >= 0.6 is 0 Å². The lowest BCUT2D eigenvalue weighted by Gasteiger charge is -2.17. The fraction of sp³-hybridized carbons (Fsp3) is 0.278. The normalized spacial score (nSPS) is 11.9. The number of carbonyl (C=O) groups is 1. The topological polar surface area (TPSA) is 26.3 Å². The summed E-state index contributed by atoms with van der Waals surface area (Å²) in [6.45, 7) is 2.11. The lowest BCUT2D eigenvalue weighted by Crippen LogP contribution is -2.08. The van der Waals surface area contributed by atoms with Crippen molar-refractivity contribution in [2.75, 3.05) is 7.11 Å². The first-order valence-corrected chi connectivity index (χ1v) is 6.97. The molecule has 0 spiro atoms. The summed E-state index contributed by atoms with van der Waals surface area (Å²) in [7, 11) is 1.67. The molecule has 1 unspecified atom stereocenters. The van der Waals surface area contributed by atoms with Crippen molar-refractivity contribution in [3.63, 3.8) is 0 Å². The Bertz CT molecular complexity index is 561. The van der Waals surface area contributed by atoms with Crippen LogP contribution in [0, 0.1) is 0 Å².